The zero-order chi connectivity index (χ0) is 12.8. The van der Waals surface area contributed by atoms with Crippen LogP contribution in [0.3, 0.4) is 0 Å². The number of anilines is 1. The van der Waals surface area contributed by atoms with Crippen molar-refractivity contribution >= 4 is 29.2 Å². The van der Waals surface area contributed by atoms with Crippen molar-refractivity contribution in [3.63, 3.8) is 0 Å². The summed E-state index contributed by atoms with van der Waals surface area (Å²) in [6.45, 7) is 0.450. The third kappa shape index (κ3) is 1.52. The van der Waals surface area contributed by atoms with Crippen LogP contribution in [-0.2, 0) is 4.79 Å². The largest absolute Gasteiger partial charge is 0.336 e. The number of amides is 3. The van der Waals surface area contributed by atoms with Crippen LogP contribution < -0.4 is 10.2 Å². The number of urea groups is 1. The van der Waals surface area contributed by atoms with Crippen LogP contribution >= 0.6 is 11.6 Å². The second kappa shape index (κ2) is 3.99. The number of hydrogen-bond acceptors (Lipinski definition) is 2. The summed E-state index contributed by atoms with van der Waals surface area (Å²) in [6.07, 6.45) is 2.72. The van der Waals surface area contributed by atoms with Crippen LogP contribution in [0.25, 0.3) is 0 Å². The maximum absolute atomic E-state index is 12.5. The summed E-state index contributed by atoms with van der Waals surface area (Å²) < 4.78 is 0. The maximum Gasteiger partial charge on any atom is 0.328 e. The van der Waals surface area contributed by atoms with Crippen molar-refractivity contribution in [3.8, 4) is 0 Å². The average Bonchev–Trinajstić information content (AvgIpc) is 2.30. The molecule has 1 N–H and O–H groups in total. The van der Waals surface area contributed by atoms with Crippen LogP contribution in [0.2, 0.25) is 5.02 Å². The van der Waals surface area contributed by atoms with Gasteiger partial charge in [-0.1, -0.05) is 30.2 Å². The molecular formula is C13H13ClN2O2. The zero-order valence-corrected chi connectivity index (χ0v) is 10.5. The fourth-order valence-electron chi connectivity index (χ4n) is 2.57. The molecule has 1 heterocycles. The molecule has 1 aromatic rings. The lowest BCUT2D eigenvalue weighted by Gasteiger charge is -2.46. The van der Waals surface area contributed by atoms with Gasteiger partial charge in [0, 0.05) is 6.54 Å². The fraction of sp³-hybridized carbons (Fsp3) is 0.385. The molecule has 0 unspecified atom stereocenters. The first kappa shape index (κ1) is 11.5. The van der Waals surface area contributed by atoms with Gasteiger partial charge in [-0.3, -0.25) is 4.79 Å². The number of halogens is 1. The molecule has 18 heavy (non-hydrogen) atoms. The summed E-state index contributed by atoms with van der Waals surface area (Å²) >= 11 is 6.07. The third-order valence-electron chi connectivity index (χ3n) is 3.84. The van der Waals surface area contributed by atoms with Gasteiger partial charge in [0.1, 0.15) is 0 Å². The van der Waals surface area contributed by atoms with E-state index in [1.807, 2.05) is 0 Å². The van der Waals surface area contributed by atoms with E-state index in [2.05, 4.69) is 5.32 Å². The highest BCUT2D eigenvalue weighted by molar-refractivity contribution is 6.35. The first-order chi connectivity index (χ1) is 8.64. The van der Waals surface area contributed by atoms with Crippen molar-refractivity contribution in [2.45, 2.75) is 19.3 Å². The summed E-state index contributed by atoms with van der Waals surface area (Å²) in [4.78, 5) is 25.6. The Hall–Kier alpha value is -1.55. The molecule has 0 bridgehead atoms. The van der Waals surface area contributed by atoms with E-state index in [-0.39, 0.29) is 11.9 Å². The van der Waals surface area contributed by atoms with Crippen LogP contribution in [0, 0.1) is 5.41 Å². The Balaban J connectivity index is 2.01. The van der Waals surface area contributed by atoms with E-state index in [0.29, 0.717) is 17.3 Å². The van der Waals surface area contributed by atoms with Crippen molar-refractivity contribution in [3.05, 3.63) is 29.3 Å². The molecule has 5 heteroatoms. The van der Waals surface area contributed by atoms with Gasteiger partial charge in [-0.05, 0) is 25.0 Å². The fourth-order valence-corrected chi connectivity index (χ4v) is 2.80. The molecule has 1 spiro atoms. The number of nitrogens with zero attached hydrogens (tertiary/aromatic N) is 1. The van der Waals surface area contributed by atoms with Gasteiger partial charge in [-0.15, -0.1) is 0 Å². The number of rotatable bonds is 1. The average molecular weight is 265 g/mol. The van der Waals surface area contributed by atoms with Crippen molar-refractivity contribution < 1.29 is 9.59 Å². The second-order valence-electron chi connectivity index (χ2n) is 4.88. The van der Waals surface area contributed by atoms with Crippen molar-refractivity contribution in [2.24, 2.45) is 5.41 Å². The van der Waals surface area contributed by atoms with E-state index < -0.39 is 5.41 Å². The van der Waals surface area contributed by atoms with E-state index in [4.69, 9.17) is 11.6 Å². The van der Waals surface area contributed by atoms with Crippen LogP contribution in [0.4, 0.5) is 10.5 Å². The summed E-state index contributed by atoms with van der Waals surface area (Å²) in [6, 6.07) is 6.53. The van der Waals surface area contributed by atoms with Crippen LogP contribution in [0.15, 0.2) is 24.3 Å². The number of carbonyl (C=O) groups excluding carboxylic acids is 2. The highest BCUT2D eigenvalue weighted by Gasteiger charge is 2.51. The molecule has 2 aliphatic rings. The molecular weight excluding hydrogens is 252 g/mol. The van der Waals surface area contributed by atoms with Gasteiger partial charge in [0.15, 0.2) is 0 Å². The molecule has 94 valence electrons. The van der Waals surface area contributed by atoms with E-state index in [1.54, 1.807) is 24.3 Å². The molecule has 1 aliphatic carbocycles. The van der Waals surface area contributed by atoms with Crippen molar-refractivity contribution in [1.82, 2.24) is 5.32 Å². The molecule has 0 radical (unpaired) electrons. The molecule has 0 aromatic heterocycles. The van der Waals surface area contributed by atoms with E-state index >= 15 is 0 Å². The van der Waals surface area contributed by atoms with E-state index in [0.717, 1.165) is 19.3 Å². The van der Waals surface area contributed by atoms with Crippen LogP contribution in [0.5, 0.6) is 0 Å². The Labute approximate surface area is 110 Å². The third-order valence-corrected chi connectivity index (χ3v) is 4.16. The number of imide groups is 1. The number of hydrogen-bond donors (Lipinski definition) is 1. The molecule has 4 nitrogen and oxygen atoms in total. The molecule has 1 saturated carbocycles. The van der Waals surface area contributed by atoms with Gasteiger partial charge >= 0.3 is 6.03 Å². The molecule has 1 aliphatic heterocycles. The highest BCUT2D eigenvalue weighted by Crippen LogP contribution is 2.45. The van der Waals surface area contributed by atoms with Gasteiger partial charge in [0.05, 0.1) is 16.1 Å². The molecule has 0 atom stereocenters. The number of carbonyl (C=O) groups is 2. The predicted molar refractivity (Wildman–Crippen MR) is 68.6 cm³/mol. The van der Waals surface area contributed by atoms with Crippen LogP contribution in [-0.4, -0.2) is 18.5 Å². The van der Waals surface area contributed by atoms with Crippen molar-refractivity contribution in [1.29, 1.82) is 0 Å². The van der Waals surface area contributed by atoms with Crippen LogP contribution in [0.1, 0.15) is 19.3 Å². The minimum absolute atomic E-state index is 0.120. The molecule has 1 saturated heterocycles. The summed E-state index contributed by atoms with van der Waals surface area (Å²) in [5.74, 6) is -0.120. The lowest BCUT2D eigenvalue weighted by atomic mass is 9.67. The summed E-state index contributed by atoms with van der Waals surface area (Å²) in [7, 11) is 0. The standard InChI is InChI=1S/C13H13ClN2O2/c14-9-4-1-2-5-10(9)16-11(17)13(6-3-7-13)8-15-12(16)18/h1-2,4-5H,3,6-8H2,(H,15,18). The molecule has 3 amide bonds. The Morgan fingerprint density at radius 1 is 1.22 bits per heavy atom. The summed E-state index contributed by atoms with van der Waals surface area (Å²) in [5, 5.41) is 3.20. The first-order valence-corrected chi connectivity index (χ1v) is 6.39. The Morgan fingerprint density at radius 2 is 1.94 bits per heavy atom. The monoisotopic (exact) mass is 264 g/mol. The molecule has 3 rings (SSSR count). The van der Waals surface area contributed by atoms with Gasteiger partial charge in [-0.2, -0.15) is 0 Å². The SMILES string of the molecule is O=C1NCC2(CCC2)C(=O)N1c1ccccc1Cl. The maximum atomic E-state index is 12.5. The minimum atomic E-state index is -0.396. The number of nitrogens with one attached hydrogen (secondary N) is 1. The minimum Gasteiger partial charge on any atom is -0.336 e. The normalized spacial score (nSPS) is 21.7. The van der Waals surface area contributed by atoms with Gasteiger partial charge in [0.25, 0.3) is 0 Å². The van der Waals surface area contributed by atoms with Crippen molar-refractivity contribution in [2.75, 3.05) is 11.4 Å². The number of benzene rings is 1. The Kier molecular flexibility index (Phi) is 2.55. The zero-order valence-electron chi connectivity index (χ0n) is 9.78. The highest BCUT2D eigenvalue weighted by atomic mass is 35.5. The predicted octanol–water partition coefficient (Wildman–Crippen LogP) is 2.57. The van der Waals surface area contributed by atoms with Gasteiger partial charge in [0.2, 0.25) is 5.91 Å². The lowest BCUT2D eigenvalue weighted by molar-refractivity contribution is -0.132. The lowest BCUT2D eigenvalue weighted by Crippen LogP contribution is -2.63. The molecule has 2 fully saturated rings. The second-order valence-corrected chi connectivity index (χ2v) is 5.29. The molecule has 1 aromatic carbocycles. The quantitative estimate of drug-likeness (QED) is 0.847. The first-order valence-electron chi connectivity index (χ1n) is 6.01. The number of para-hydroxylation sites is 1. The van der Waals surface area contributed by atoms with E-state index in [1.165, 1.54) is 4.90 Å². The Bertz CT molecular complexity index is 525. The van der Waals surface area contributed by atoms with Gasteiger partial charge < -0.3 is 5.32 Å². The Morgan fingerprint density at radius 3 is 2.56 bits per heavy atom. The van der Waals surface area contributed by atoms with Gasteiger partial charge in [-0.25, -0.2) is 9.69 Å². The summed E-state index contributed by atoms with van der Waals surface area (Å²) in [5.41, 5.74) is 0.0697. The topological polar surface area (TPSA) is 49.4 Å². The smallest absolute Gasteiger partial charge is 0.328 e. The van der Waals surface area contributed by atoms with E-state index in [9.17, 15) is 9.59 Å².